The molecule has 28 heavy (non-hydrogen) atoms. The van der Waals surface area contributed by atoms with Crippen molar-refractivity contribution in [2.24, 2.45) is 0 Å². The molecule has 0 spiro atoms. The zero-order chi connectivity index (χ0) is 20.5. The molecule has 1 heterocycles. The van der Waals surface area contributed by atoms with E-state index in [1.807, 2.05) is 0 Å². The van der Waals surface area contributed by atoms with Crippen molar-refractivity contribution in [1.29, 1.82) is 0 Å². The molecule has 0 saturated carbocycles. The van der Waals surface area contributed by atoms with Crippen LogP contribution in [-0.4, -0.2) is 57.6 Å². The molecule has 166 valence electrons. The van der Waals surface area contributed by atoms with Crippen LogP contribution in [0.25, 0.3) is 0 Å². The predicted octanol–water partition coefficient (Wildman–Crippen LogP) is 5.27. The molecule has 5 nitrogen and oxygen atoms in total. The van der Waals surface area contributed by atoms with Crippen molar-refractivity contribution in [3.63, 3.8) is 0 Å². The highest BCUT2D eigenvalue weighted by atomic mass is 16.7. The minimum Gasteiger partial charge on any atom is -0.379 e. The van der Waals surface area contributed by atoms with Gasteiger partial charge in [-0.15, -0.1) is 6.58 Å². The van der Waals surface area contributed by atoms with Gasteiger partial charge < -0.3 is 23.7 Å². The Bertz CT molecular complexity index is 363. The smallest absolute Gasteiger partial charge is 0.187 e. The maximum Gasteiger partial charge on any atom is 0.187 e. The lowest BCUT2D eigenvalue weighted by Gasteiger charge is -2.24. The average molecular weight is 401 g/mol. The SMILES string of the molecule is C=CCOC1O[C@H](COCCCCC)[C@@H](OCCCCC)[C@H]1OCCCCC. The van der Waals surface area contributed by atoms with Gasteiger partial charge in [0.1, 0.15) is 18.3 Å². The van der Waals surface area contributed by atoms with Crippen LogP contribution < -0.4 is 0 Å². The standard InChI is InChI=1S/C23H44O5/c1-5-9-12-16-24-19-20-21(25-17-13-10-6-2)22(26-18-14-11-7-3)23(28-20)27-15-8-4/h8,20-23H,4-7,9-19H2,1-3H3/t20-,21-,22-,23?/m1/s1. The number of hydrogen-bond donors (Lipinski definition) is 0. The van der Waals surface area contributed by atoms with E-state index < -0.39 is 6.29 Å². The molecule has 4 atom stereocenters. The molecule has 1 unspecified atom stereocenters. The highest BCUT2D eigenvalue weighted by molar-refractivity contribution is 4.90. The number of hydrogen-bond acceptors (Lipinski definition) is 5. The van der Waals surface area contributed by atoms with Gasteiger partial charge in [-0.25, -0.2) is 0 Å². The Hall–Kier alpha value is -0.460. The van der Waals surface area contributed by atoms with E-state index in [2.05, 4.69) is 27.4 Å². The third-order valence-electron chi connectivity index (χ3n) is 4.94. The van der Waals surface area contributed by atoms with Crippen molar-refractivity contribution in [3.8, 4) is 0 Å². The van der Waals surface area contributed by atoms with Crippen LogP contribution >= 0.6 is 0 Å². The Morgan fingerprint density at radius 2 is 1.32 bits per heavy atom. The van der Waals surface area contributed by atoms with Crippen LogP contribution in [-0.2, 0) is 23.7 Å². The molecule has 0 aromatic heterocycles. The van der Waals surface area contributed by atoms with Crippen LogP contribution in [0.4, 0.5) is 0 Å². The minimum atomic E-state index is -0.431. The van der Waals surface area contributed by atoms with Crippen LogP contribution in [0.3, 0.4) is 0 Å². The first-order valence-corrected chi connectivity index (χ1v) is 11.5. The summed E-state index contributed by atoms with van der Waals surface area (Å²) in [6.07, 6.45) is 11.0. The lowest BCUT2D eigenvalue weighted by molar-refractivity contribution is -0.176. The number of rotatable bonds is 19. The Morgan fingerprint density at radius 1 is 0.750 bits per heavy atom. The summed E-state index contributed by atoms with van der Waals surface area (Å²) in [5, 5.41) is 0. The fraction of sp³-hybridized carbons (Fsp3) is 0.913. The topological polar surface area (TPSA) is 46.2 Å². The molecule has 5 heteroatoms. The highest BCUT2D eigenvalue weighted by Gasteiger charge is 2.47. The van der Waals surface area contributed by atoms with Crippen LogP contribution in [0.2, 0.25) is 0 Å². The summed E-state index contributed by atoms with van der Waals surface area (Å²) in [5.41, 5.74) is 0. The Kier molecular flexibility index (Phi) is 15.9. The molecule has 1 saturated heterocycles. The molecule has 0 amide bonds. The van der Waals surface area contributed by atoms with Crippen LogP contribution in [0.15, 0.2) is 12.7 Å². The predicted molar refractivity (Wildman–Crippen MR) is 114 cm³/mol. The molecule has 0 bridgehead atoms. The maximum absolute atomic E-state index is 6.24. The van der Waals surface area contributed by atoms with Crippen molar-refractivity contribution in [1.82, 2.24) is 0 Å². The van der Waals surface area contributed by atoms with E-state index in [4.69, 9.17) is 23.7 Å². The Labute approximate surface area is 173 Å². The summed E-state index contributed by atoms with van der Waals surface area (Å²) < 4.78 is 30.3. The van der Waals surface area contributed by atoms with E-state index in [1.54, 1.807) is 6.08 Å². The Morgan fingerprint density at radius 3 is 1.89 bits per heavy atom. The summed E-state index contributed by atoms with van der Waals surface area (Å²) in [6.45, 7) is 13.5. The molecule has 0 radical (unpaired) electrons. The molecule has 1 aliphatic heterocycles. The third-order valence-corrected chi connectivity index (χ3v) is 4.94. The average Bonchev–Trinajstić information content (AvgIpc) is 3.03. The van der Waals surface area contributed by atoms with Gasteiger partial charge in [0.05, 0.1) is 13.2 Å². The molecular weight excluding hydrogens is 356 g/mol. The fourth-order valence-corrected chi connectivity index (χ4v) is 3.30. The van der Waals surface area contributed by atoms with Gasteiger partial charge in [0.15, 0.2) is 6.29 Å². The van der Waals surface area contributed by atoms with Crippen LogP contribution in [0.5, 0.6) is 0 Å². The second-order valence-corrected chi connectivity index (χ2v) is 7.53. The fourth-order valence-electron chi connectivity index (χ4n) is 3.30. The summed E-state index contributed by atoms with van der Waals surface area (Å²) >= 11 is 0. The first-order valence-electron chi connectivity index (χ1n) is 11.5. The lowest BCUT2D eigenvalue weighted by Crippen LogP contribution is -2.40. The first kappa shape index (κ1) is 25.6. The minimum absolute atomic E-state index is 0.153. The van der Waals surface area contributed by atoms with E-state index >= 15 is 0 Å². The summed E-state index contributed by atoms with van der Waals surface area (Å²) in [5.74, 6) is 0. The van der Waals surface area contributed by atoms with Gasteiger partial charge in [-0.1, -0.05) is 65.4 Å². The van der Waals surface area contributed by atoms with E-state index in [0.717, 1.165) is 38.9 Å². The summed E-state index contributed by atoms with van der Waals surface area (Å²) in [6, 6.07) is 0. The molecule has 1 rings (SSSR count). The summed E-state index contributed by atoms with van der Waals surface area (Å²) in [4.78, 5) is 0. The lowest BCUT2D eigenvalue weighted by atomic mass is 10.1. The van der Waals surface area contributed by atoms with Gasteiger partial charge in [-0.3, -0.25) is 0 Å². The quantitative estimate of drug-likeness (QED) is 0.218. The highest BCUT2D eigenvalue weighted by Crippen LogP contribution is 2.28. The van der Waals surface area contributed by atoms with E-state index in [-0.39, 0.29) is 18.3 Å². The van der Waals surface area contributed by atoms with Crippen molar-refractivity contribution in [2.75, 3.05) is 33.0 Å². The van der Waals surface area contributed by atoms with E-state index in [0.29, 0.717) is 19.8 Å². The second-order valence-electron chi connectivity index (χ2n) is 7.53. The van der Waals surface area contributed by atoms with Crippen molar-refractivity contribution in [2.45, 2.75) is 103 Å². The van der Waals surface area contributed by atoms with Gasteiger partial charge >= 0.3 is 0 Å². The van der Waals surface area contributed by atoms with E-state index in [1.165, 1.54) is 32.1 Å². The van der Waals surface area contributed by atoms with Crippen molar-refractivity contribution < 1.29 is 23.7 Å². The third kappa shape index (κ3) is 10.4. The molecule has 0 aromatic carbocycles. The largest absolute Gasteiger partial charge is 0.379 e. The van der Waals surface area contributed by atoms with Crippen molar-refractivity contribution >= 4 is 0 Å². The second kappa shape index (κ2) is 17.4. The molecule has 1 aliphatic rings. The van der Waals surface area contributed by atoms with Crippen LogP contribution in [0.1, 0.15) is 78.6 Å². The molecule has 0 aliphatic carbocycles. The molecule has 1 fully saturated rings. The normalized spacial score (nSPS) is 24.7. The number of unbranched alkanes of at least 4 members (excludes halogenated alkanes) is 6. The Balaban J connectivity index is 2.65. The zero-order valence-corrected chi connectivity index (χ0v) is 18.5. The first-order chi connectivity index (χ1) is 13.8. The van der Waals surface area contributed by atoms with Crippen molar-refractivity contribution in [3.05, 3.63) is 12.7 Å². The molecule has 0 aromatic rings. The van der Waals surface area contributed by atoms with Gasteiger partial charge in [-0.05, 0) is 19.3 Å². The molecular formula is C23H44O5. The van der Waals surface area contributed by atoms with Gasteiger partial charge in [0, 0.05) is 19.8 Å². The number of ether oxygens (including phenoxy) is 5. The maximum atomic E-state index is 6.24. The van der Waals surface area contributed by atoms with Crippen LogP contribution in [0, 0.1) is 0 Å². The van der Waals surface area contributed by atoms with Gasteiger partial charge in [-0.2, -0.15) is 0 Å². The van der Waals surface area contributed by atoms with E-state index in [9.17, 15) is 0 Å². The zero-order valence-electron chi connectivity index (χ0n) is 18.5. The molecule has 0 N–H and O–H groups in total. The van der Waals surface area contributed by atoms with Gasteiger partial charge in [0.2, 0.25) is 0 Å². The van der Waals surface area contributed by atoms with Gasteiger partial charge in [0.25, 0.3) is 0 Å². The monoisotopic (exact) mass is 400 g/mol. The summed E-state index contributed by atoms with van der Waals surface area (Å²) in [7, 11) is 0.